The second kappa shape index (κ2) is 3.77. The molecule has 1 atom stereocenters. The standard InChI is InChI=1S/C9H11N3.ClH/c1-6(10)7-4-9-8(12-5-7)2-3-11-9;/h2-6,11H,10H2,1H3;1H/t6-;/m1./s1. The summed E-state index contributed by atoms with van der Waals surface area (Å²) in [7, 11) is 0. The van der Waals surface area contributed by atoms with E-state index >= 15 is 0 Å². The minimum atomic E-state index is 0. The van der Waals surface area contributed by atoms with Crippen molar-refractivity contribution in [2.45, 2.75) is 13.0 Å². The Morgan fingerprint density at radius 1 is 1.54 bits per heavy atom. The van der Waals surface area contributed by atoms with Crippen molar-refractivity contribution in [1.29, 1.82) is 0 Å². The molecule has 0 spiro atoms. The highest BCUT2D eigenvalue weighted by Gasteiger charge is 2.01. The molecule has 4 heteroatoms. The molecule has 13 heavy (non-hydrogen) atoms. The Balaban J connectivity index is 0.000000845. The van der Waals surface area contributed by atoms with Gasteiger partial charge >= 0.3 is 0 Å². The molecule has 0 saturated carbocycles. The lowest BCUT2D eigenvalue weighted by atomic mass is 10.1. The molecule has 0 aliphatic rings. The number of fused-ring (bicyclic) bond motifs is 1. The monoisotopic (exact) mass is 197 g/mol. The van der Waals surface area contributed by atoms with Gasteiger partial charge in [-0.2, -0.15) is 0 Å². The van der Waals surface area contributed by atoms with E-state index in [1.54, 1.807) is 0 Å². The van der Waals surface area contributed by atoms with Gasteiger partial charge in [-0.25, -0.2) is 0 Å². The molecule has 0 bridgehead atoms. The van der Waals surface area contributed by atoms with Gasteiger partial charge in [0, 0.05) is 18.4 Å². The summed E-state index contributed by atoms with van der Waals surface area (Å²) in [5, 5.41) is 0. The molecular formula is C9H12ClN3. The normalized spacial score (nSPS) is 12.5. The van der Waals surface area contributed by atoms with Gasteiger partial charge < -0.3 is 10.7 Å². The number of H-pyrrole nitrogens is 1. The van der Waals surface area contributed by atoms with Gasteiger partial charge in [0.2, 0.25) is 0 Å². The third-order valence-corrected chi connectivity index (χ3v) is 1.95. The van der Waals surface area contributed by atoms with E-state index in [-0.39, 0.29) is 18.4 Å². The van der Waals surface area contributed by atoms with Crippen molar-refractivity contribution in [1.82, 2.24) is 9.97 Å². The third kappa shape index (κ3) is 1.82. The van der Waals surface area contributed by atoms with Gasteiger partial charge in [0.15, 0.2) is 0 Å². The van der Waals surface area contributed by atoms with Crippen LogP contribution in [-0.4, -0.2) is 9.97 Å². The fourth-order valence-electron chi connectivity index (χ4n) is 1.20. The first kappa shape index (κ1) is 10.0. The average molecular weight is 198 g/mol. The zero-order valence-corrected chi connectivity index (χ0v) is 8.14. The second-order valence-electron chi connectivity index (χ2n) is 2.97. The highest BCUT2D eigenvalue weighted by molar-refractivity contribution is 5.85. The van der Waals surface area contributed by atoms with Gasteiger partial charge in [-0.05, 0) is 24.6 Å². The molecule has 2 rings (SSSR count). The largest absolute Gasteiger partial charge is 0.360 e. The quantitative estimate of drug-likeness (QED) is 0.735. The summed E-state index contributed by atoms with van der Waals surface area (Å²) in [6.45, 7) is 1.95. The summed E-state index contributed by atoms with van der Waals surface area (Å²) < 4.78 is 0. The molecule has 3 N–H and O–H groups in total. The second-order valence-corrected chi connectivity index (χ2v) is 2.97. The first-order valence-electron chi connectivity index (χ1n) is 3.96. The molecule has 0 saturated heterocycles. The van der Waals surface area contributed by atoms with Crippen LogP contribution in [0.3, 0.4) is 0 Å². The van der Waals surface area contributed by atoms with E-state index in [1.165, 1.54) is 0 Å². The Kier molecular flexibility index (Phi) is 2.90. The molecule has 0 aliphatic carbocycles. The number of aromatic nitrogens is 2. The van der Waals surface area contributed by atoms with E-state index < -0.39 is 0 Å². The number of halogens is 1. The van der Waals surface area contributed by atoms with E-state index in [9.17, 15) is 0 Å². The molecule has 0 unspecified atom stereocenters. The van der Waals surface area contributed by atoms with Gasteiger partial charge in [-0.3, -0.25) is 4.98 Å². The zero-order valence-electron chi connectivity index (χ0n) is 7.32. The predicted molar refractivity (Wildman–Crippen MR) is 55.9 cm³/mol. The summed E-state index contributed by atoms with van der Waals surface area (Å²) >= 11 is 0. The number of hydrogen-bond acceptors (Lipinski definition) is 2. The van der Waals surface area contributed by atoms with Crippen molar-refractivity contribution in [3.8, 4) is 0 Å². The van der Waals surface area contributed by atoms with E-state index in [1.807, 2.05) is 31.5 Å². The average Bonchev–Trinajstić information content (AvgIpc) is 2.49. The lowest BCUT2D eigenvalue weighted by Gasteiger charge is -2.03. The van der Waals surface area contributed by atoms with E-state index in [0.29, 0.717) is 0 Å². The van der Waals surface area contributed by atoms with Crippen LogP contribution >= 0.6 is 12.4 Å². The lowest BCUT2D eigenvalue weighted by molar-refractivity contribution is 0.814. The molecule has 0 amide bonds. The highest BCUT2D eigenvalue weighted by Crippen LogP contribution is 2.14. The summed E-state index contributed by atoms with van der Waals surface area (Å²) in [6, 6.07) is 4.03. The van der Waals surface area contributed by atoms with Crippen molar-refractivity contribution in [2.75, 3.05) is 0 Å². The minimum absolute atomic E-state index is 0. The van der Waals surface area contributed by atoms with Crippen LogP contribution in [-0.2, 0) is 0 Å². The Bertz CT molecular complexity index is 394. The van der Waals surface area contributed by atoms with Crippen LogP contribution < -0.4 is 5.73 Å². The van der Waals surface area contributed by atoms with Gasteiger partial charge in [-0.1, -0.05) is 0 Å². The lowest BCUT2D eigenvalue weighted by Crippen LogP contribution is -2.04. The van der Waals surface area contributed by atoms with Gasteiger partial charge in [0.1, 0.15) is 0 Å². The van der Waals surface area contributed by atoms with Crippen LogP contribution in [0.1, 0.15) is 18.5 Å². The Morgan fingerprint density at radius 2 is 2.31 bits per heavy atom. The number of aromatic amines is 1. The van der Waals surface area contributed by atoms with E-state index in [2.05, 4.69) is 9.97 Å². The SMILES string of the molecule is C[C@@H](N)c1cnc2cc[nH]c2c1.Cl. The third-order valence-electron chi connectivity index (χ3n) is 1.95. The molecule has 3 nitrogen and oxygen atoms in total. The number of rotatable bonds is 1. The number of pyridine rings is 1. The van der Waals surface area contributed by atoms with Crippen molar-refractivity contribution < 1.29 is 0 Å². The minimum Gasteiger partial charge on any atom is -0.360 e. The molecule has 2 aromatic rings. The topological polar surface area (TPSA) is 54.7 Å². The maximum Gasteiger partial charge on any atom is 0.0878 e. The van der Waals surface area contributed by atoms with Gasteiger partial charge in [-0.15, -0.1) is 12.4 Å². The fourth-order valence-corrected chi connectivity index (χ4v) is 1.20. The van der Waals surface area contributed by atoms with Crippen molar-refractivity contribution in [2.24, 2.45) is 5.73 Å². The van der Waals surface area contributed by atoms with Gasteiger partial charge in [0.05, 0.1) is 11.0 Å². The first-order valence-corrected chi connectivity index (χ1v) is 3.96. The number of nitrogens with one attached hydrogen (secondary N) is 1. The van der Waals surface area contributed by atoms with E-state index in [0.717, 1.165) is 16.6 Å². The summed E-state index contributed by atoms with van der Waals surface area (Å²) in [6.07, 6.45) is 3.70. The molecular weight excluding hydrogens is 186 g/mol. The summed E-state index contributed by atoms with van der Waals surface area (Å²) in [5.74, 6) is 0. The maximum atomic E-state index is 5.72. The molecule has 0 aromatic carbocycles. The molecule has 2 aromatic heterocycles. The molecule has 2 heterocycles. The summed E-state index contributed by atoms with van der Waals surface area (Å²) in [5.41, 5.74) is 8.81. The highest BCUT2D eigenvalue weighted by atomic mass is 35.5. The zero-order chi connectivity index (χ0) is 8.55. The summed E-state index contributed by atoms with van der Waals surface area (Å²) in [4.78, 5) is 7.35. The van der Waals surface area contributed by atoms with Crippen molar-refractivity contribution in [3.63, 3.8) is 0 Å². The Hall–Kier alpha value is -1.06. The van der Waals surface area contributed by atoms with Crippen molar-refractivity contribution >= 4 is 23.4 Å². The molecule has 0 aliphatic heterocycles. The number of hydrogen-bond donors (Lipinski definition) is 2. The number of nitrogens with zero attached hydrogens (tertiary/aromatic N) is 1. The Morgan fingerprint density at radius 3 is 3.00 bits per heavy atom. The van der Waals surface area contributed by atoms with Gasteiger partial charge in [0.25, 0.3) is 0 Å². The van der Waals surface area contributed by atoms with Crippen LogP contribution in [0.15, 0.2) is 24.5 Å². The molecule has 70 valence electrons. The molecule has 0 fully saturated rings. The van der Waals surface area contributed by atoms with Crippen LogP contribution in [0.5, 0.6) is 0 Å². The van der Waals surface area contributed by atoms with Crippen LogP contribution in [0.25, 0.3) is 11.0 Å². The van der Waals surface area contributed by atoms with Crippen LogP contribution in [0.4, 0.5) is 0 Å². The first-order chi connectivity index (χ1) is 5.77. The Labute approximate surface area is 82.8 Å². The maximum absolute atomic E-state index is 5.72. The predicted octanol–water partition coefficient (Wildman–Crippen LogP) is 2.00. The van der Waals surface area contributed by atoms with Crippen LogP contribution in [0.2, 0.25) is 0 Å². The smallest absolute Gasteiger partial charge is 0.0878 e. The van der Waals surface area contributed by atoms with E-state index in [4.69, 9.17) is 5.73 Å². The fraction of sp³-hybridized carbons (Fsp3) is 0.222. The van der Waals surface area contributed by atoms with Crippen LogP contribution in [0, 0.1) is 0 Å². The van der Waals surface area contributed by atoms with Crippen molar-refractivity contribution in [3.05, 3.63) is 30.1 Å². The molecule has 0 radical (unpaired) electrons. The number of nitrogens with two attached hydrogens (primary N) is 1.